The molecule has 3 N–H and O–H groups in total. The Bertz CT molecular complexity index is 1430. The minimum Gasteiger partial charge on any atom is -0.489 e. The van der Waals surface area contributed by atoms with Crippen LogP contribution in [0.5, 0.6) is 5.75 Å². The quantitative estimate of drug-likeness (QED) is 0.343. The molecule has 1 unspecified atom stereocenters. The molecule has 1 aliphatic heterocycles. The van der Waals surface area contributed by atoms with Crippen molar-refractivity contribution in [1.29, 1.82) is 0 Å². The first-order chi connectivity index (χ1) is 18.5. The molecule has 38 heavy (non-hydrogen) atoms. The Hall–Kier alpha value is -3.91. The van der Waals surface area contributed by atoms with E-state index in [1.165, 1.54) is 6.33 Å². The molecule has 1 atom stereocenters. The smallest absolute Gasteiger partial charge is 0.307 e. The molecule has 2 aromatic carbocycles. The first kappa shape index (κ1) is 24.4. The van der Waals surface area contributed by atoms with Crippen molar-refractivity contribution >= 4 is 22.8 Å². The number of aromatic nitrogens is 3. The number of nitrogen functional groups attached to an aromatic ring is 1. The Morgan fingerprint density at radius 3 is 2.76 bits per heavy atom. The normalized spacial score (nSPS) is 21.7. The summed E-state index contributed by atoms with van der Waals surface area (Å²) in [6, 6.07) is 18.6. The lowest BCUT2D eigenvalue weighted by molar-refractivity contribution is -0.143. The first-order valence-corrected chi connectivity index (χ1v) is 13.4. The highest BCUT2D eigenvalue weighted by Gasteiger charge is 2.35. The molecule has 4 aromatic rings. The Kier molecular flexibility index (Phi) is 6.72. The summed E-state index contributed by atoms with van der Waals surface area (Å²) in [5.74, 6) is 0.931. The van der Waals surface area contributed by atoms with Gasteiger partial charge in [0.2, 0.25) is 0 Å². The number of benzene rings is 2. The topological polar surface area (TPSA) is 107 Å². The summed E-state index contributed by atoms with van der Waals surface area (Å²) in [5, 5.41) is 10.3. The van der Waals surface area contributed by atoms with E-state index in [-0.39, 0.29) is 5.92 Å². The summed E-state index contributed by atoms with van der Waals surface area (Å²) in [6.07, 6.45) is 7.53. The maximum atomic E-state index is 11.4. The fourth-order valence-electron chi connectivity index (χ4n) is 5.96. The molecule has 2 aliphatic rings. The lowest BCUT2D eigenvalue weighted by atomic mass is 9.79. The number of aliphatic carboxylic acids is 1. The fourth-order valence-corrected chi connectivity index (χ4v) is 5.96. The third kappa shape index (κ3) is 4.96. The zero-order valence-corrected chi connectivity index (χ0v) is 21.4. The Morgan fingerprint density at radius 2 is 1.95 bits per heavy atom. The number of carbonyl (C=O) groups is 1. The van der Waals surface area contributed by atoms with E-state index in [1.54, 1.807) is 0 Å². The monoisotopic (exact) mass is 511 g/mol. The van der Waals surface area contributed by atoms with Crippen LogP contribution in [0.2, 0.25) is 0 Å². The predicted octanol–water partition coefficient (Wildman–Crippen LogP) is 5.01. The largest absolute Gasteiger partial charge is 0.489 e. The lowest BCUT2D eigenvalue weighted by Gasteiger charge is -2.41. The highest BCUT2D eigenvalue weighted by atomic mass is 16.5. The molecule has 8 nitrogen and oxygen atoms in total. The van der Waals surface area contributed by atoms with Gasteiger partial charge in [-0.3, -0.25) is 4.79 Å². The number of piperidine rings is 1. The van der Waals surface area contributed by atoms with Crippen LogP contribution < -0.4 is 10.5 Å². The van der Waals surface area contributed by atoms with Gasteiger partial charge < -0.3 is 25.0 Å². The lowest BCUT2D eigenvalue weighted by Crippen LogP contribution is -2.43. The van der Waals surface area contributed by atoms with Crippen molar-refractivity contribution in [2.75, 3.05) is 25.4 Å². The summed E-state index contributed by atoms with van der Waals surface area (Å²) in [4.78, 5) is 22.7. The summed E-state index contributed by atoms with van der Waals surface area (Å²) >= 11 is 0. The van der Waals surface area contributed by atoms with E-state index < -0.39 is 5.97 Å². The average molecular weight is 512 g/mol. The van der Waals surface area contributed by atoms with E-state index in [2.05, 4.69) is 43.8 Å². The van der Waals surface area contributed by atoms with Crippen LogP contribution in [0.4, 0.5) is 5.82 Å². The molecule has 2 fully saturated rings. The number of rotatable bonds is 8. The van der Waals surface area contributed by atoms with Gasteiger partial charge in [0.05, 0.1) is 11.3 Å². The third-order valence-electron chi connectivity index (χ3n) is 8.01. The molecule has 6 rings (SSSR count). The van der Waals surface area contributed by atoms with E-state index in [0.717, 1.165) is 72.2 Å². The van der Waals surface area contributed by atoms with Gasteiger partial charge in [0, 0.05) is 30.9 Å². The van der Waals surface area contributed by atoms with Crippen molar-refractivity contribution in [3.8, 4) is 16.9 Å². The van der Waals surface area contributed by atoms with E-state index in [4.69, 9.17) is 10.5 Å². The molecule has 0 spiro atoms. The Balaban J connectivity index is 1.19. The number of ether oxygens (including phenoxy) is 1. The highest BCUT2D eigenvalue weighted by Crippen LogP contribution is 2.43. The molecule has 0 radical (unpaired) electrons. The number of hydrogen-bond donors (Lipinski definition) is 2. The van der Waals surface area contributed by atoms with Crippen molar-refractivity contribution in [2.45, 2.75) is 38.3 Å². The zero-order chi connectivity index (χ0) is 26.1. The number of carboxylic acid groups (broad SMARTS) is 1. The van der Waals surface area contributed by atoms with Gasteiger partial charge in [-0.05, 0) is 61.4 Å². The van der Waals surface area contributed by atoms with Crippen LogP contribution in [-0.2, 0) is 11.4 Å². The van der Waals surface area contributed by atoms with Gasteiger partial charge in [-0.2, -0.15) is 0 Å². The van der Waals surface area contributed by atoms with Gasteiger partial charge in [-0.25, -0.2) is 9.97 Å². The minimum atomic E-state index is -0.667. The molecule has 3 heterocycles. The van der Waals surface area contributed by atoms with Crippen LogP contribution >= 0.6 is 0 Å². The van der Waals surface area contributed by atoms with Crippen LogP contribution in [0.15, 0.2) is 67.1 Å². The van der Waals surface area contributed by atoms with E-state index in [0.29, 0.717) is 30.9 Å². The van der Waals surface area contributed by atoms with Crippen LogP contribution in [0, 0.1) is 11.8 Å². The van der Waals surface area contributed by atoms with E-state index in [9.17, 15) is 9.90 Å². The average Bonchev–Trinajstić information content (AvgIpc) is 3.31. The summed E-state index contributed by atoms with van der Waals surface area (Å²) in [5.41, 5.74) is 10.4. The summed E-state index contributed by atoms with van der Waals surface area (Å²) < 4.78 is 8.34. The van der Waals surface area contributed by atoms with Gasteiger partial charge in [-0.1, -0.05) is 42.5 Å². The molecule has 0 amide bonds. The molecule has 196 valence electrons. The standard InChI is InChI=1S/C30H33N5O3/c31-28-27-26(22-8-4-10-25(14-22)38-18-20-6-2-1-3-7-20)17-35(29(27)33-19-32-28)24-12-21(13-24)15-34-11-5-9-23(16-34)30(36)37/h1-4,6-8,10,14,17,19,21,23-24H,5,9,11-13,15-16,18H2,(H,36,37)(H2,31,32,33). The number of likely N-dealkylation sites (tertiary alicyclic amines) is 1. The summed E-state index contributed by atoms with van der Waals surface area (Å²) in [7, 11) is 0. The predicted molar refractivity (Wildman–Crippen MR) is 147 cm³/mol. The molecule has 1 saturated heterocycles. The van der Waals surface area contributed by atoms with Crippen molar-refractivity contribution < 1.29 is 14.6 Å². The number of anilines is 1. The second-order valence-electron chi connectivity index (χ2n) is 10.6. The van der Waals surface area contributed by atoms with Crippen LogP contribution in [0.25, 0.3) is 22.2 Å². The van der Waals surface area contributed by atoms with Crippen molar-refractivity contribution in [1.82, 2.24) is 19.4 Å². The maximum absolute atomic E-state index is 11.4. The van der Waals surface area contributed by atoms with Crippen LogP contribution in [0.1, 0.15) is 37.3 Å². The Morgan fingerprint density at radius 1 is 1.11 bits per heavy atom. The molecular weight excluding hydrogens is 478 g/mol. The Labute approximate surface area is 222 Å². The van der Waals surface area contributed by atoms with Gasteiger partial charge in [0.25, 0.3) is 0 Å². The first-order valence-electron chi connectivity index (χ1n) is 13.4. The molecular formula is C30H33N5O3. The number of nitrogens with zero attached hydrogens (tertiary/aromatic N) is 4. The van der Waals surface area contributed by atoms with Gasteiger partial charge in [0.1, 0.15) is 30.1 Å². The molecule has 2 aromatic heterocycles. The van der Waals surface area contributed by atoms with E-state index >= 15 is 0 Å². The van der Waals surface area contributed by atoms with Crippen molar-refractivity contribution in [3.63, 3.8) is 0 Å². The number of hydrogen-bond acceptors (Lipinski definition) is 6. The van der Waals surface area contributed by atoms with Gasteiger partial charge in [0.15, 0.2) is 0 Å². The molecule has 1 saturated carbocycles. The molecule has 0 bridgehead atoms. The maximum Gasteiger partial charge on any atom is 0.307 e. The van der Waals surface area contributed by atoms with Gasteiger partial charge in [-0.15, -0.1) is 0 Å². The number of nitrogens with two attached hydrogens (primary N) is 1. The zero-order valence-electron chi connectivity index (χ0n) is 21.4. The van der Waals surface area contributed by atoms with Crippen LogP contribution in [0.3, 0.4) is 0 Å². The highest BCUT2D eigenvalue weighted by molar-refractivity contribution is 6.00. The molecule has 8 heteroatoms. The van der Waals surface area contributed by atoms with Crippen molar-refractivity contribution in [3.05, 3.63) is 72.7 Å². The van der Waals surface area contributed by atoms with E-state index in [1.807, 2.05) is 36.4 Å². The summed E-state index contributed by atoms with van der Waals surface area (Å²) in [6.45, 7) is 3.13. The van der Waals surface area contributed by atoms with Crippen molar-refractivity contribution in [2.24, 2.45) is 11.8 Å². The second kappa shape index (κ2) is 10.5. The fraction of sp³-hybridized carbons (Fsp3) is 0.367. The van der Waals surface area contributed by atoms with Crippen LogP contribution in [-0.4, -0.2) is 50.1 Å². The SMILES string of the molecule is Nc1ncnc2c1c(-c1cccc(OCc3ccccc3)c1)cn2C1CC(CN2CCCC(C(=O)O)C2)C1. The minimum absolute atomic E-state index is 0.234. The number of fused-ring (bicyclic) bond motifs is 1. The third-order valence-corrected chi connectivity index (χ3v) is 8.01. The number of carboxylic acids is 1. The molecule has 1 aliphatic carbocycles. The second-order valence-corrected chi connectivity index (χ2v) is 10.6. The van der Waals surface area contributed by atoms with Gasteiger partial charge >= 0.3 is 5.97 Å².